The van der Waals surface area contributed by atoms with Crippen molar-refractivity contribution >= 4 is 33.4 Å². The molecule has 2 aromatic rings. The summed E-state index contributed by atoms with van der Waals surface area (Å²) in [6.45, 7) is 5.03. The molecule has 1 saturated heterocycles. The van der Waals surface area contributed by atoms with Gasteiger partial charge in [0, 0.05) is 38.9 Å². The molecule has 9 heteroatoms. The maximum absolute atomic E-state index is 13.0. The largest absolute Gasteiger partial charge is 0.489 e. The van der Waals surface area contributed by atoms with Crippen LogP contribution in [0.5, 0.6) is 5.75 Å². The van der Waals surface area contributed by atoms with Crippen LogP contribution in [0.3, 0.4) is 0 Å². The first-order valence-corrected chi connectivity index (χ1v) is 12.3. The number of amides is 1. The number of rotatable bonds is 8. The average molecular weight is 474 g/mol. The highest BCUT2D eigenvalue weighted by atomic mass is 32.2. The third-order valence-electron chi connectivity index (χ3n) is 5.02. The molecule has 0 aliphatic carbocycles. The second-order valence-corrected chi connectivity index (χ2v) is 10.1. The van der Waals surface area contributed by atoms with Gasteiger partial charge in [0.05, 0.1) is 29.9 Å². The lowest BCUT2D eigenvalue weighted by molar-refractivity contribution is -0.111. The summed E-state index contributed by atoms with van der Waals surface area (Å²) < 4.78 is 38.5. The Morgan fingerprint density at radius 1 is 1.12 bits per heavy atom. The molecule has 0 bridgehead atoms. The molecule has 1 N–H and O–H groups in total. The molecule has 0 aromatic heterocycles. The summed E-state index contributed by atoms with van der Waals surface area (Å²) in [5, 5.41) is 2.76. The van der Waals surface area contributed by atoms with E-state index in [1.54, 1.807) is 12.1 Å². The van der Waals surface area contributed by atoms with Crippen molar-refractivity contribution in [1.82, 2.24) is 4.31 Å². The minimum Gasteiger partial charge on any atom is -0.489 e. The predicted molar refractivity (Wildman–Crippen MR) is 130 cm³/mol. The summed E-state index contributed by atoms with van der Waals surface area (Å²) in [5.74, 6) is 0.0178. The Morgan fingerprint density at radius 2 is 1.79 bits per heavy atom. The summed E-state index contributed by atoms with van der Waals surface area (Å²) in [7, 11) is 0.214. The van der Waals surface area contributed by atoms with E-state index >= 15 is 0 Å². The van der Waals surface area contributed by atoms with Crippen molar-refractivity contribution in [2.75, 3.05) is 50.6 Å². The number of morpholine rings is 1. The Bertz CT molecular complexity index is 1090. The number of hydrogen-bond acceptors (Lipinski definition) is 6. The normalized spacial score (nSPS) is 15.1. The van der Waals surface area contributed by atoms with Crippen LogP contribution >= 0.6 is 0 Å². The van der Waals surface area contributed by atoms with Gasteiger partial charge in [-0.3, -0.25) is 4.79 Å². The SMILES string of the molecule is CC(C)Oc1ccc(S(=O)(=O)N2CCOCC2)cc1NC(=O)/C=C/c1ccc(N(C)C)cc1. The van der Waals surface area contributed by atoms with E-state index in [0.717, 1.165) is 11.3 Å². The van der Waals surface area contributed by atoms with Crippen LogP contribution in [0, 0.1) is 0 Å². The molecule has 8 nitrogen and oxygen atoms in total. The first kappa shape index (κ1) is 24.8. The Labute approximate surface area is 195 Å². The molecule has 0 unspecified atom stereocenters. The fourth-order valence-electron chi connectivity index (χ4n) is 3.29. The maximum Gasteiger partial charge on any atom is 0.248 e. The molecular weight excluding hydrogens is 442 g/mol. The highest BCUT2D eigenvalue weighted by Crippen LogP contribution is 2.30. The van der Waals surface area contributed by atoms with Crippen molar-refractivity contribution in [3.05, 3.63) is 54.1 Å². The number of sulfonamides is 1. The molecule has 178 valence electrons. The van der Waals surface area contributed by atoms with E-state index in [-0.39, 0.29) is 16.9 Å². The number of nitrogens with zero attached hydrogens (tertiary/aromatic N) is 2. The molecule has 33 heavy (non-hydrogen) atoms. The van der Waals surface area contributed by atoms with E-state index in [1.165, 1.54) is 22.5 Å². The van der Waals surface area contributed by atoms with Crippen molar-refractivity contribution in [1.29, 1.82) is 0 Å². The molecule has 1 aliphatic heterocycles. The van der Waals surface area contributed by atoms with Crippen molar-refractivity contribution in [3.63, 3.8) is 0 Å². The fourth-order valence-corrected chi connectivity index (χ4v) is 4.72. The number of hydrogen-bond donors (Lipinski definition) is 1. The van der Waals surface area contributed by atoms with Gasteiger partial charge < -0.3 is 19.7 Å². The van der Waals surface area contributed by atoms with Gasteiger partial charge in [-0.25, -0.2) is 8.42 Å². The number of carbonyl (C=O) groups excluding carboxylic acids is 1. The maximum atomic E-state index is 13.0. The van der Waals surface area contributed by atoms with E-state index in [2.05, 4.69) is 5.32 Å². The van der Waals surface area contributed by atoms with E-state index < -0.39 is 10.0 Å². The van der Waals surface area contributed by atoms with Crippen molar-refractivity contribution in [3.8, 4) is 5.75 Å². The van der Waals surface area contributed by atoms with Crippen molar-refractivity contribution in [2.24, 2.45) is 0 Å². The number of anilines is 2. The van der Waals surface area contributed by atoms with Crippen LogP contribution in [0.4, 0.5) is 11.4 Å². The second kappa shape index (κ2) is 10.8. The van der Waals surface area contributed by atoms with Crippen LogP contribution < -0.4 is 15.0 Å². The Balaban J connectivity index is 1.81. The number of nitrogens with one attached hydrogen (secondary N) is 1. The van der Waals surface area contributed by atoms with Gasteiger partial charge in [-0.05, 0) is 55.8 Å². The van der Waals surface area contributed by atoms with E-state index in [1.807, 2.05) is 57.1 Å². The van der Waals surface area contributed by atoms with Gasteiger partial charge in [-0.15, -0.1) is 0 Å². The summed E-state index contributed by atoms with van der Waals surface area (Å²) in [6.07, 6.45) is 2.96. The zero-order valence-corrected chi connectivity index (χ0v) is 20.3. The van der Waals surface area contributed by atoms with Gasteiger partial charge in [0.1, 0.15) is 5.75 Å². The second-order valence-electron chi connectivity index (χ2n) is 8.15. The van der Waals surface area contributed by atoms with Crippen molar-refractivity contribution < 1.29 is 22.7 Å². The standard InChI is InChI=1S/C24H31N3O5S/c1-18(2)32-23-11-10-21(33(29,30)27-13-15-31-16-14-27)17-22(23)25-24(28)12-7-19-5-8-20(9-6-19)26(3)4/h5-12,17-18H,13-16H2,1-4H3,(H,25,28)/b12-7+. The van der Waals surface area contributed by atoms with Crippen LogP contribution in [0.25, 0.3) is 6.08 Å². The fraction of sp³-hybridized carbons (Fsp3) is 0.375. The van der Waals surface area contributed by atoms with Crippen LogP contribution in [0.1, 0.15) is 19.4 Å². The smallest absolute Gasteiger partial charge is 0.248 e. The average Bonchev–Trinajstić information content (AvgIpc) is 2.79. The minimum absolute atomic E-state index is 0.0964. The van der Waals surface area contributed by atoms with E-state index in [9.17, 15) is 13.2 Å². The lowest BCUT2D eigenvalue weighted by atomic mass is 10.2. The quantitative estimate of drug-likeness (QED) is 0.593. The number of benzene rings is 2. The molecule has 1 heterocycles. The van der Waals surface area contributed by atoms with Crippen LogP contribution in [0.2, 0.25) is 0 Å². The molecule has 0 spiro atoms. The number of ether oxygens (including phenoxy) is 2. The topological polar surface area (TPSA) is 88.2 Å². The zero-order chi connectivity index (χ0) is 24.0. The molecule has 1 amide bonds. The van der Waals surface area contributed by atoms with Crippen LogP contribution in [-0.4, -0.2) is 65.1 Å². The van der Waals surface area contributed by atoms with Gasteiger partial charge in [0.2, 0.25) is 15.9 Å². The molecular formula is C24H31N3O5S. The Hall–Kier alpha value is -2.88. The molecule has 1 fully saturated rings. The molecule has 3 rings (SSSR count). The van der Waals surface area contributed by atoms with Gasteiger partial charge in [-0.1, -0.05) is 12.1 Å². The van der Waals surface area contributed by atoms with Crippen molar-refractivity contribution in [2.45, 2.75) is 24.8 Å². The molecule has 0 saturated carbocycles. The van der Waals surface area contributed by atoms with Gasteiger partial charge in [0.15, 0.2) is 0 Å². The highest BCUT2D eigenvalue weighted by molar-refractivity contribution is 7.89. The predicted octanol–water partition coefficient (Wildman–Crippen LogP) is 3.21. The van der Waals surface area contributed by atoms with Gasteiger partial charge in [0.25, 0.3) is 0 Å². The van der Waals surface area contributed by atoms with Crippen LogP contribution in [-0.2, 0) is 19.6 Å². The summed E-state index contributed by atoms with van der Waals surface area (Å²) in [4.78, 5) is 14.7. The Kier molecular flexibility index (Phi) is 8.12. The molecule has 1 aliphatic rings. The lowest BCUT2D eigenvalue weighted by Gasteiger charge is -2.26. The zero-order valence-electron chi connectivity index (χ0n) is 19.4. The number of carbonyl (C=O) groups is 1. The van der Waals surface area contributed by atoms with Crippen LogP contribution in [0.15, 0.2) is 53.4 Å². The minimum atomic E-state index is -3.71. The highest BCUT2D eigenvalue weighted by Gasteiger charge is 2.27. The van der Waals surface area contributed by atoms with Gasteiger partial charge in [-0.2, -0.15) is 4.31 Å². The summed E-state index contributed by atoms with van der Waals surface area (Å²) in [5.41, 5.74) is 2.24. The Morgan fingerprint density at radius 3 is 2.39 bits per heavy atom. The molecule has 0 atom stereocenters. The first-order valence-electron chi connectivity index (χ1n) is 10.8. The lowest BCUT2D eigenvalue weighted by Crippen LogP contribution is -2.40. The first-order chi connectivity index (χ1) is 15.7. The monoisotopic (exact) mass is 473 g/mol. The summed E-state index contributed by atoms with van der Waals surface area (Å²) in [6, 6.07) is 12.3. The third kappa shape index (κ3) is 6.56. The summed E-state index contributed by atoms with van der Waals surface area (Å²) >= 11 is 0. The third-order valence-corrected chi connectivity index (χ3v) is 6.91. The molecule has 0 radical (unpaired) electrons. The van der Waals surface area contributed by atoms with E-state index in [0.29, 0.717) is 37.7 Å². The molecule has 2 aromatic carbocycles. The van der Waals surface area contributed by atoms with Gasteiger partial charge >= 0.3 is 0 Å². The van der Waals surface area contributed by atoms with E-state index in [4.69, 9.17) is 9.47 Å².